The van der Waals surface area contributed by atoms with Crippen molar-refractivity contribution < 1.29 is 0 Å². The van der Waals surface area contributed by atoms with Gasteiger partial charge in [-0.25, -0.2) is 0 Å². The second-order valence-electron chi connectivity index (χ2n) is 7.32. The predicted octanol–water partition coefficient (Wildman–Crippen LogP) is 5.28. The number of aryl methyl sites for hydroxylation is 3. The number of hydrogen-bond acceptors (Lipinski definition) is 1. The average molecular weight is 461 g/mol. The molecule has 4 aromatic rings. The molecule has 0 aromatic heterocycles. The van der Waals surface area contributed by atoms with Crippen LogP contribution in [0.15, 0.2) is 107 Å². The maximum atomic E-state index is 2.33. The molecule has 0 saturated heterocycles. The van der Waals surface area contributed by atoms with Crippen molar-refractivity contribution in [2.75, 3.05) is 0 Å². The standard InChI is InChI=1S/C27H25SSe/c1-20-4-10-23(11-5-20)28-24-12-18-27(19-13-24)29(25-14-6-21(2)7-15-25)26-16-8-22(3)9-17-26/h4-19H,1-3H3/q+1. The summed E-state index contributed by atoms with van der Waals surface area (Å²) in [6.07, 6.45) is 0. The summed E-state index contributed by atoms with van der Waals surface area (Å²) < 4.78 is 4.36. The molecule has 0 N–H and O–H groups in total. The van der Waals surface area contributed by atoms with Gasteiger partial charge in [-0.2, -0.15) is 0 Å². The van der Waals surface area contributed by atoms with E-state index >= 15 is 0 Å². The van der Waals surface area contributed by atoms with Crippen LogP contribution in [0.3, 0.4) is 0 Å². The third-order valence-corrected chi connectivity index (χ3v) is 10.5. The zero-order valence-electron chi connectivity index (χ0n) is 17.1. The van der Waals surface area contributed by atoms with Crippen LogP contribution in [-0.4, -0.2) is 13.9 Å². The topological polar surface area (TPSA) is 0 Å². The van der Waals surface area contributed by atoms with E-state index in [0.717, 1.165) is 0 Å². The molecule has 0 heterocycles. The minimum absolute atomic E-state index is 1.29. The van der Waals surface area contributed by atoms with Gasteiger partial charge in [0, 0.05) is 0 Å². The summed E-state index contributed by atoms with van der Waals surface area (Å²) >= 11 is 0.526. The molecule has 0 unspecified atom stereocenters. The average Bonchev–Trinajstić information content (AvgIpc) is 2.74. The van der Waals surface area contributed by atoms with Crippen molar-refractivity contribution in [1.82, 2.24) is 0 Å². The molecule has 0 aliphatic rings. The van der Waals surface area contributed by atoms with Gasteiger partial charge in [-0.1, -0.05) is 0 Å². The summed E-state index contributed by atoms with van der Waals surface area (Å²) in [5.74, 6) is 0. The van der Waals surface area contributed by atoms with Crippen LogP contribution in [0.4, 0.5) is 0 Å². The van der Waals surface area contributed by atoms with Crippen molar-refractivity contribution in [3.05, 3.63) is 114 Å². The molecule has 0 fully saturated rings. The van der Waals surface area contributed by atoms with E-state index in [1.165, 1.54) is 39.9 Å². The third-order valence-electron chi connectivity index (χ3n) is 4.83. The van der Waals surface area contributed by atoms with Crippen molar-refractivity contribution in [1.29, 1.82) is 0 Å². The first kappa shape index (κ1) is 20.0. The fourth-order valence-corrected chi connectivity index (χ4v) is 8.24. The first-order valence-corrected chi connectivity index (χ1v) is 13.2. The fraction of sp³-hybridized carbons (Fsp3) is 0.111. The molecule has 0 radical (unpaired) electrons. The molecule has 144 valence electrons. The van der Waals surface area contributed by atoms with Gasteiger partial charge in [-0.15, -0.1) is 0 Å². The van der Waals surface area contributed by atoms with Gasteiger partial charge in [-0.05, 0) is 0 Å². The second kappa shape index (κ2) is 9.05. The predicted molar refractivity (Wildman–Crippen MR) is 129 cm³/mol. The third kappa shape index (κ3) is 5.03. The summed E-state index contributed by atoms with van der Waals surface area (Å²) in [5.41, 5.74) is 3.93. The first-order chi connectivity index (χ1) is 14.1. The van der Waals surface area contributed by atoms with E-state index in [1.807, 2.05) is 11.8 Å². The van der Waals surface area contributed by atoms with Gasteiger partial charge in [0.1, 0.15) is 0 Å². The van der Waals surface area contributed by atoms with E-state index in [4.69, 9.17) is 0 Å². The van der Waals surface area contributed by atoms with Gasteiger partial charge < -0.3 is 0 Å². The van der Waals surface area contributed by atoms with Crippen molar-refractivity contribution in [2.24, 2.45) is 0 Å². The van der Waals surface area contributed by atoms with Crippen molar-refractivity contribution in [2.45, 2.75) is 30.6 Å². The number of rotatable bonds is 5. The van der Waals surface area contributed by atoms with Crippen LogP contribution in [0.5, 0.6) is 0 Å². The first-order valence-electron chi connectivity index (χ1n) is 9.81. The Morgan fingerprint density at radius 3 is 1.07 bits per heavy atom. The van der Waals surface area contributed by atoms with Crippen molar-refractivity contribution >= 4 is 39.0 Å². The SMILES string of the molecule is Cc1ccc(Sc2ccc([Se+](c3ccc(C)cc3)c3ccc(C)cc3)cc2)cc1. The van der Waals surface area contributed by atoms with Crippen LogP contribution in [0.25, 0.3) is 0 Å². The molecule has 29 heavy (non-hydrogen) atoms. The summed E-state index contributed by atoms with van der Waals surface area (Å²) in [6.45, 7) is 6.44. The Hall–Kier alpha value is -2.25. The Labute approximate surface area is 182 Å². The maximum absolute atomic E-state index is 2.33. The molecule has 4 aromatic carbocycles. The van der Waals surface area contributed by atoms with Gasteiger partial charge in [0.15, 0.2) is 0 Å². The summed E-state index contributed by atoms with van der Waals surface area (Å²) in [5, 5.41) is 0. The van der Waals surface area contributed by atoms with E-state index in [9.17, 15) is 0 Å². The van der Waals surface area contributed by atoms with Gasteiger partial charge in [0.2, 0.25) is 0 Å². The molecular weight excluding hydrogens is 435 g/mol. The molecule has 0 atom stereocenters. The fourth-order valence-electron chi connectivity index (χ4n) is 3.14. The van der Waals surface area contributed by atoms with E-state index in [0.29, 0.717) is 0 Å². The van der Waals surface area contributed by atoms with E-state index in [-0.39, 0.29) is 0 Å². The molecule has 0 aliphatic carbocycles. The molecule has 0 aliphatic heterocycles. The van der Waals surface area contributed by atoms with E-state index in [1.54, 1.807) is 0 Å². The molecule has 0 saturated carbocycles. The zero-order chi connectivity index (χ0) is 20.2. The van der Waals surface area contributed by atoms with Gasteiger partial charge in [0.25, 0.3) is 0 Å². The zero-order valence-corrected chi connectivity index (χ0v) is 19.6. The second-order valence-corrected chi connectivity index (χ2v) is 12.7. The van der Waals surface area contributed by atoms with E-state index < -0.39 is 13.9 Å². The Morgan fingerprint density at radius 2 is 0.690 bits per heavy atom. The molecular formula is C27H25SSe+. The molecule has 0 nitrogen and oxygen atoms in total. The summed E-state index contributed by atoms with van der Waals surface area (Å²) in [6, 6.07) is 36.2. The Kier molecular flexibility index (Phi) is 6.25. The number of benzene rings is 4. The van der Waals surface area contributed by atoms with Crippen LogP contribution in [0.2, 0.25) is 0 Å². The van der Waals surface area contributed by atoms with E-state index in [2.05, 4.69) is 118 Å². The van der Waals surface area contributed by atoms with Gasteiger partial charge in [0.05, 0.1) is 0 Å². The molecule has 0 bridgehead atoms. The summed E-state index contributed by atoms with van der Waals surface area (Å²) in [4.78, 5) is 2.57. The van der Waals surface area contributed by atoms with Crippen molar-refractivity contribution in [3.8, 4) is 0 Å². The van der Waals surface area contributed by atoms with Crippen LogP contribution in [0, 0.1) is 20.8 Å². The quantitative estimate of drug-likeness (QED) is 0.365. The molecule has 2 heteroatoms. The van der Waals surface area contributed by atoms with Crippen molar-refractivity contribution in [3.63, 3.8) is 0 Å². The molecule has 4 rings (SSSR count). The minimum atomic E-state index is -1.30. The Morgan fingerprint density at radius 1 is 0.414 bits per heavy atom. The Bertz CT molecular complexity index is 1020. The van der Waals surface area contributed by atoms with Gasteiger partial charge >= 0.3 is 183 Å². The molecule has 0 amide bonds. The van der Waals surface area contributed by atoms with Crippen LogP contribution >= 0.6 is 11.8 Å². The normalized spacial score (nSPS) is 11.0. The summed E-state index contributed by atoms with van der Waals surface area (Å²) in [7, 11) is 0. The monoisotopic (exact) mass is 461 g/mol. The van der Waals surface area contributed by atoms with Crippen LogP contribution in [-0.2, 0) is 0 Å². The van der Waals surface area contributed by atoms with Crippen LogP contribution < -0.4 is 13.4 Å². The van der Waals surface area contributed by atoms with Crippen LogP contribution in [0.1, 0.15) is 16.7 Å². The Balaban J connectivity index is 1.66. The number of hydrogen-bond donors (Lipinski definition) is 0. The molecule has 0 spiro atoms. The van der Waals surface area contributed by atoms with Gasteiger partial charge in [-0.3, -0.25) is 0 Å².